The summed E-state index contributed by atoms with van der Waals surface area (Å²) in [6.45, 7) is 2.97. The monoisotopic (exact) mass is 267 g/mol. The molecule has 1 unspecified atom stereocenters. The average molecular weight is 268 g/mol. The predicted octanol–water partition coefficient (Wildman–Crippen LogP) is 2.32. The van der Waals surface area contributed by atoms with Crippen molar-refractivity contribution in [2.24, 2.45) is 10.8 Å². The second-order valence-corrected chi connectivity index (χ2v) is 4.78. The topological polar surface area (TPSA) is 41.6 Å². The molecule has 1 atom stereocenters. The summed E-state index contributed by atoms with van der Waals surface area (Å²) < 4.78 is 1.10. The molecule has 80 valence electrons. The van der Waals surface area contributed by atoms with Crippen LogP contribution < -0.4 is 5.73 Å². The molecule has 0 amide bonds. The van der Waals surface area contributed by atoms with Gasteiger partial charge in [-0.05, 0) is 24.6 Å². The van der Waals surface area contributed by atoms with Crippen molar-refractivity contribution in [2.75, 3.05) is 0 Å². The highest BCUT2D eigenvalue weighted by atomic mass is 79.9. The fourth-order valence-corrected chi connectivity index (χ4v) is 1.94. The Morgan fingerprint density at radius 3 is 2.67 bits per heavy atom. The van der Waals surface area contributed by atoms with Crippen LogP contribution in [0.4, 0.5) is 0 Å². The van der Waals surface area contributed by atoms with Gasteiger partial charge in [-0.2, -0.15) is 5.10 Å². The molecular formula is C11H14BrN3. The van der Waals surface area contributed by atoms with Crippen LogP contribution in [0.15, 0.2) is 33.8 Å². The molecule has 1 heterocycles. The molecule has 0 aromatic heterocycles. The van der Waals surface area contributed by atoms with E-state index in [9.17, 15) is 0 Å². The molecule has 3 nitrogen and oxygen atoms in total. The third kappa shape index (κ3) is 2.50. The molecule has 0 aliphatic carbocycles. The summed E-state index contributed by atoms with van der Waals surface area (Å²) >= 11 is 3.42. The summed E-state index contributed by atoms with van der Waals surface area (Å²) in [7, 11) is 0. The minimum atomic E-state index is 0.411. The van der Waals surface area contributed by atoms with E-state index in [0.717, 1.165) is 23.3 Å². The van der Waals surface area contributed by atoms with Crippen LogP contribution in [0.1, 0.15) is 18.9 Å². The van der Waals surface area contributed by atoms with Crippen LogP contribution in [0, 0.1) is 0 Å². The molecule has 1 aromatic rings. The van der Waals surface area contributed by atoms with E-state index >= 15 is 0 Å². The largest absolute Gasteiger partial charge is 0.386 e. The fourth-order valence-electron chi connectivity index (χ4n) is 1.68. The zero-order valence-corrected chi connectivity index (χ0v) is 10.2. The average Bonchev–Trinajstić information content (AvgIpc) is 2.49. The van der Waals surface area contributed by atoms with Crippen LogP contribution in [0.2, 0.25) is 0 Å². The highest BCUT2D eigenvalue weighted by Gasteiger charge is 2.20. The van der Waals surface area contributed by atoms with Crippen LogP contribution in [-0.4, -0.2) is 16.9 Å². The maximum atomic E-state index is 5.69. The number of benzene rings is 1. The van der Waals surface area contributed by atoms with Gasteiger partial charge >= 0.3 is 0 Å². The SMILES string of the molecule is CC1CC(N)=NN1Cc1ccc(Br)cc1. The quantitative estimate of drug-likeness (QED) is 0.894. The third-order valence-electron chi connectivity index (χ3n) is 2.53. The summed E-state index contributed by atoms with van der Waals surface area (Å²) in [5.41, 5.74) is 6.95. The molecule has 15 heavy (non-hydrogen) atoms. The van der Waals surface area contributed by atoms with Crippen LogP contribution >= 0.6 is 15.9 Å². The zero-order chi connectivity index (χ0) is 10.8. The van der Waals surface area contributed by atoms with Crippen molar-refractivity contribution < 1.29 is 0 Å². The summed E-state index contributed by atoms with van der Waals surface area (Å²) in [5.74, 6) is 0.736. The second kappa shape index (κ2) is 4.23. The summed E-state index contributed by atoms with van der Waals surface area (Å²) in [4.78, 5) is 0. The summed E-state index contributed by atoms with van der Waals surface area (Å²) in [6, 6.07) is 8.70. The molecule has 0 fully saturated rings. The molecule has 0 saturated heterocycles. The van der Waals surface area contributed by atoms with Crippen molar-refractivity contribution >= 4 is 21.8 Å². The Balaban J connectivity index is 2.06. The minimum Gasteiger partial charge on any atom is -0.386 e. The number of nitrogens with two attached hydrogens (primary N) is 1. The molecule has 0 radical (unpaired) electrons. The van der Waals surface area contributed by atoms with Gasteiger partial charge in [-0.3, -0.25) is 5.01 Å². The first-order valence-electron chi connectivity index (χ1n) is 4.99. The van der Waals surface area contributed by atoms with E-state index < -0.39 is 0 Å². The van der Waals surface area contributed by atoms with Crippen molar-refractivity contribution in [1.29, 1.82) is 0 Å². The lowest BCUT2D eigenvalue weighted by molar-refractivity contribution is 0.236. The molecule has 1 aliphatic rings. The Morgan fingerprint density at radius 2 is 2.13 bits per heavy atom. The lowest BCUT2D eigenvalue weighted by atomic mass is 10.2. The number of hydrazone groups is 1. The molecule has 2 rings (SSSR count). The number of nitrogens with zero attached hydrogens (tertiary/aromatic N) is 2. The second-order valence-electron chi connectivity index (χ2n) is 3.87. The van der Waals surface area contributed by atoms with Gasteiger partial charge in [-0.1, -0.05) is 28.1 Å². The van der Waals surface area contributed by atoms with Crippen LogP contribution in [0.25, 0.3) is 0 Å². The molecule has 0 spiro atoms. The Labute approximate surface area is 98.1 Å². The van der Waals surface area contributed by atoms with Gasteiger partial charge in [0.25, 0.3) is 0 Å². The van der Waals surface area contributed by atoms with Gasteiger partial charge < -0.3 is 5.73 Å². The highest BCUT2D eigenvalue weighted by molar-refractivity contribution is 9.10. The van der Waals surface area contributed by atoms with Gasteiger partial charge in [0.1, 0.15) is 5.84 Å². The van der Waals surface area contributed by atoms with Gasteiger partial charge in [-0.25, -0.2) is 0 Å². The van der Waals surface area contributed by atoms with Crippen molar-refractivity contribution in [3.63, 3.8) is 0 Å². The van der Waals surface area contributed by atoms with Gasteiger partial charge in [0.05, 0.1) is 12.6 Å². The third-order valence-corrected chi connectivity index (χ3v) is 3.06. The van der Waals surface area contributed by atoms with Gasteiger partial charge in [0.2, 0.25) is 0 Å². The number of halogens is 1. The standard InChI is InChI=1S/C11H14BrN3/c1-8-6-11(13)14-15(8)7-9-2-4-10(12)5-3-9/h2-5,8H,6-7H2,1H3,(H2,13,14). The Bertz CT molecular complexity index is 372. The van der Waals surface area contributed by atoms with Crippen molar-refractivity contribution in [3.8, 4) is 0 Å². The molecular weight excluding hydrogens is 254 g/mol. The Morgan fingerprint density at radius 1 is 1.47 bits per heavy atom. The summed E-state index contributed by atoms with van der Waals surface area (Å²) in [5, 5.41) is 6.34. The number of amidine groups is 1. The highest BCUT2D eigenvalue weighted by Crippen LogP contribution is 2.18. The number of hydrogen-bond acceptors (Lipinski definition) is 3. The molecule has 1 aliphatic heterocycles. The first-order chi connectivity index (χ1) is 7.15. The smallest absolute Gasteiger partial charge is 0.121 e. The summed E-state index contributed by atoms with van der Waals surface area (Å²) in [6.07, 6.45) is 0.872. The van der Waals surface area contributed by atoms with Crippen molar-refractivity contribution in [2.45, 2.75) is 25.9 Å². The Kier molecular flexibility index (Phi) is 2.95. The van der Waals surface area contributed by atoms with E-state index in [0.29, 0.717) is 6.04 Å². The van der Waals surface area contributed by atoms with Crippen LogP contribution in [0.3, 0.4) is 0 Å². The van der Waals surface area contributed by atoms with Gasteiger partial charge in [0.15, 0.2) is 0 Å². The zero-order valence-electron chi connectivity index (χ0n) is 8.65. The van der Waals surface area contributed by atoms with E-state index in [1.54, 1.807) is 0 Å². The Hall–Kier alpha value is -1.03. The van der Waals surface area contributed by atoms with E-state index in [1.807, 2.05) is 17.1 Å². The fraction of sp³-hybridized carbons (Fsp3) is 0.364. The molecule has 2 N–H and O–H groups in total. The first kappa shape index (κ1) is 10.5. The lowest BCUT2D eigenvalue weighted by Gasteiger charge is -2.19. The van der Waals surface area contributed by atoms with E-state index in [-0.39, 0.29) is 0 Å². The lowest BCUT2D eigenvalue weighted by Crippen LogP contribution is -2.23. The van der Waals surface area contributed by atoms with E-state index in [1.165, 1.54) is 5.56 Å². The van der Waals surface area contributed by atoms with Gasteiger partial charge in [-0.15, -0.1) is 0 Å². The first-order valence-corrected chi connectivity index (χ1v) is 5.78. The number of hydrogen-bond donors (Lipinski definition) is 1. The minimum absolute atomic E-state index is 0.411. The van der Waals surface area contributed by atoms with Crippen LogP contribution in [-0.2, 0) is 6.54 Å². The molecule has 0 saturated carbocycles. The van der Waals surface area contributed by atoms with Crippen molar-refractivity contribution in [1.82, 2.24) is 5.01 Å². The van der Waals surface area contributed by atoms with Gasteiger partial charge in [0, 0.05) is 10.9 Å². The van der Waals surface area contributed by atoms with E-state index in [2.05, 4.69) is 40.1 Å². The van der Waals surface area contributed by atoms with Crippen molar-refractivity contribution in [3.05, 3.63) is 34.3 Å². The predicted molar refractivity (Wildman–Crippen MR) is 65.4 cm³/mol. The maximum Gasteiger partial charge on any atom is 0.121 e. The molecule has 4 heteroatoms. The molecule has 1 aromatic carbocycles. The van der Waals surface area contributed by atoms with Crippen LogP contribution in [0.5, 0.6) is 0 Å². The van der Waals surface area contributed by atoms with E-state index in [4.69, 9.17) is 5.73 Å². The maximum absolute atomic E-state index is 5.69. The number of rotatable bonds is 2. The molecule has 0 bridgehead atoms. The normalized spacial score (nSPS) is 20.5.